The number of hydrogen-bond donors (Lipinski definition) is 2. The Labute approximate surface area is 97.7 Å². The molecule has 0 aliphatic carbocycles. The largest absolute Gasteiger partial charge is 0.496 e. The van der Waals surface area contributed by atoms with Crippen LogP contribution in [0.15, 0.2) is 35.4 Å². The summed E-state index contributed by atoms with van der Waals surface area (Å²) in [6, 6.07) is 7.33. The van der Waals surface area contributed by atoms with Crippen molar-refractivity contribution in [3.05, 3.63) is 52.1 Å². The van der Waals surface area contributed by atoms with Crippen LogP contribution >= 0.6 is 0 Å². The average Bonchev–Trinajstić information content (AvgIpc) is 2.34. The molecule has 0 radical (unpaired) electrons. The average molecular weight is 232 g/mol. The molecule has 2 aromatic rings. The standard InChI is InChI=1S/C12H12N2O3/c1-17-10-5-3-2-4-8(10)6-9-11(15)13-7-14-12(9)16/h2-5,7H,6H2,1H3,(H2,13,14,15,16). The normalized spacial score (nSPS) is 10.2. The first-order valence-corrected chi connectivity index (χ1v) is 5.10. The minimum Gasteiger partial charge on any atom is -0.496 e. The molecule has 0 bridgehead atoms. The van der Waals surface area contributed by atoms with Gasteiger partial charge in [-0.25, -0.2) is 4.98 Å². The predicted octanol–water partition coefficient (Wildman–Crippen LogP) is 1.07. The van der Waals surface area contributed by atoms with E-state index in [1.807, 2.05) is 18.2 Å². The summed E-state index contributed by atoms with van der Waals surface area (Å²) in [6.07, 6.45) is 1.45. The van der Waals surface area contributed by atoms with Crippen LogP contribution in [0.1, 0.15) is 11.1 Å². The second-order valence-corrected chi connectivity index (χ2v) is 3.52. The van der Waals surface area contributed by atoms with E-state index in [0.29, 0.717) is 5.75 Å². The number of H-pyrrole nitrogens is 1. The van der Waals surface area contributed by atoms with Crippen LogP contribution in [-0.2, 0) is 6.42 Å². The second kappa shape index (κ2) is 4.69. The van der Waals surface area contributed by atoms with Gasteiger partial charge in [0.1, 0.15) is 5.75 Å². The molecule has 0 saturated carbocycles. The molecule has 5 heteroatoms. The maximum absolute atomic E-state index is 11.5. The Morgan fingerprint density at radius 2 is 2.18 bits per heavy atom. The Bertz CT molecular complexity index is 578. The van der Waals surface area contributed by atoms with Crippen molar-refractivity contribution in [3.63, 3.8) is 0 Å². The zero-order chi connectivity index (χ0) is 12.3. The third kappa shape index (κ3) is 2.28. The van der Waals surface area contributed by atoms with Gasteiger partial charge in [0.05, 0.1) is 19.0 Å². The van der Waals surface area contributed by atoms with Crippen LogP contribution in [-0.4, -0.2) is 22.2 Å². The van der Waals surface area contributed by atoms with Crippen molar-refractivity contribution in [2.75, 3.05) is 7.11 Å². The van der Waals surface area contributed by atoms with E-state index < -0.39 is 0 Å². The molecule has 5 nitrogen and oxygen atoms in total. The van der Waals surface area contributed by atoms with E-state index in [9.17, 15) is 9.90 Å². The van der Waals surface area contributed by atoms with Gasteiger partial charge < -0.3 is 14.8 Å². The zero-order valence-corrected chi connectivity index (χ0v) is 9.30. The molecule has 0 amide bonds. The Balaban J connectivity index is 2.41. The number of hydrogen-bond acceptors (Lipinski definition) is 4. The predicted molar refractivity (Wildman–Crippen MR) is 62.3 cm³/mol. The molecule has 0 aliphatic heterocycles. The molecule has 0 saturated heterocycles. The van der Waals surface area contributed by atoms with E-state index in [-0.39, 0.29) is 23.4 Å². The van der Waals surface area contributed by atoms with Gasteiger partial charge in [-0.2, -0.15) is 0 Å². The van der Waals surface area contributed by atoms with E-state index >= 15 is 0 Å². The van der Waals surface area contributed by atoms with Crippen LogP contribution in [0.5, 0.6) is 11.6 Å². The van der Waals surface area contributed by atoms with Gasteiger partial charge in [-0.3, -0.25) is 4.79 Å². The van der Waals surface area contributed by atoms with Crippen LogP contribution < -0.4 is 10.3 Å². The molecule has 1 heterocycles. The molecule has 2 rings (SSSR count). The van der Waals surface area contributed by atoms with Gasteiger partial charge in [0, 0.05) is 6.42 Å². The molecule has 1 aromatic heterocycles. The van der Waals surface area contributed by atoms with Crippen molar-refractivity contribution in [2.45, 2.75) is 6.42 Å². The van der Waals surface area contributed by atoms with E-state index in [0.717, 1.165) is 5.56 Å². The maximum Gasteiger partial charge on any atom is 0.258 e. The number of methoxy groups -OCH3 is 1. The van der Waals surface area contributed by atoms with Crippen molar-refractivity contribution in [2.24, 2.45) is 0 Å². The molecule has 0 fully saturated rings. The quantitative estimate of drug-likeness (QED) is 0.830. The van der Waals surface area contributed by atoms with Crippen LogP contribution in [0.25, 0.3) is 0 Å². The first kappa shape index (κ1) is 11.2. The molecule has 2 N–H and O–H groups in total. The summed E-state index contributed by atoms with van der Waals surface area (Å²) in [5.41, 5.74) is 0.712. The summed E-state index contributed by atoms with van der Waals surface area (Å²) in [5.74, 6) is 0.426. The molecule has 17 heavy (non-hydrogen) atoms. The molecule has 0 aliphatic rings. The number of rotatable bonds is 3. The van der Waals surface area contributed by atoms with Crippen molar-refractivity contribution in [3.8, 4) is 11.6 Å². The number of benzene rings is 1. The maximum atomic E-state index is 11.5. The highest BCUT2D eigenvalue weighted by Crippen LogP contribution is 2.21. The topological polar surface area (TPSA) is 75.2 Å². The Morgan fingerprint density at radius 1 is 1.41 bits per heavy atom. The Kier molecular flexibility index (Phi) is 3.09. The Hall–Kier alpha value is -2.30. The third-order valence-electron chi connectivity index (χ3n) is 2.49. The highest BCUT2D eigenvalue weighted by atomic mass is 16.5. The fraction of sp³-hybridized carbons (Fsp3) is 0.167. The van der Waals surface area contributed by atoms with Gasteiger partial charge >= 0.3 is 0 Å². The van der Waals surface area contributed by atoms with Gasteiger partial charge in [0.25, 0.3) is 5.56 Å². The zero-order valence-electron chi connectivity index (χ0n) is 9.30. The number of para-hydroxylation sites is 1. The molecular formula is C12H12N2O3. The summed E-state index contributed by atoms with van der Waals surface area (Å²) >= 11 is 0. The number of nitrogens with zero attached hydrogens (tertiary/aromatic N) is 1. The lowest BCUT2D eigenvalue weighted by Crippen LogP contribution is -2.13. The van der Waals surface area contributed by atoms with Crippen molar-refractivity contribution in [1.82, 2.24) is 9.97 Å². The molecule has 0 unspecified atom stereocenters. The van der Waals surface area contributed by atoms with Crippen LogP contribution in [0.3, 0.4) is 0 Å². The monoisotopic (exact) mass is 232 g/mol. The highest BCUT2D eigenvalue weighted by molar-refractivity contribution is 5.38. The van der Waals surface area contributed by atoms with Crippen LogP contribution in [0.4, 0.5) is 0 Å². The molecule has 88 valence electrons. The number of ether oxygens (including phenoxy) is 1. The van der Waals surface area contributed by atoms with E-state index in [4.69, 9.17) is 4.74 Å². The van der Waals surface area contributed by atoms with E-state index in [1.165, 1.54) is 6.33 Å². The van der Waals surface area contributed by atoms with Gasteiger partial charge in [-0.1, -0.05) is 18.2 Å². The molecule has 0 atom stereocenters. The number of nitrogens with one attached hydrogen (secondary N) is 1. The van der Waals surface area contributed by atoms with Crippen LogP contribution in [0, 0.1) is 0 Å². The number of aromatic hydroxyl groups is 1. The summed E-state index contributed by atoms with van der Waals surface area (Å²) in [4.78, 5) is 17.6. The molecule has 1 aromatic carbocycles. The smallest absolute Gasteiger partial charge is 0.258 e. The van der Waals surface area contributed by atoms with Gasteiger partial charge in [-0.05, 0) is 11.6 Å². The summed E-state index contributed by atoms with van der Waals surface area (Å²) in [7, 11) is 1.56. The molecular weight excluding hydrogens is 220 g/mol. The Morgan fingerprint density at radius 3 is 2.88 bits per heavy atom. The van der Waals surface area contributed by atoms with Crippen molar-refractivity contribution >= 4 is 0 Å². The minimum absolute atomic E-state index is 0.233. The second-order valence-electron chi connectivity index (χ2n) is 3.52. The van der Waals surface area contributed by atoms with Crippen LogP contribution in [0.2, 0.25) is 0 Å². The first-order chi connectivity index (χ1) is 8.22. The van der Waals surface area contributed by atoms with Gasteiger partial charge in [-0.15, -0.1) is 0 Å². The first-order valence-electron chi connectivity index (χ1n) is 5.10. The molecule has 0 spiro atoms. The number of aromatic amines is 1. The SMILES string of the molecule is COc1ccccc1Cc1c(O)nc[nH]c1=O. The van der Waals surface area contributed by atoms with E-state index in [1.54, 1.807) is 13.2 Å². The van der Waals surface area contributed by atoms with E-state index in [2.05, 4.69) is 9.97 Å². The fourth-order valence-electron chi connectivity index (χ4n) is 1.62. The fourth-order valence-corrected chi connectivity index (χ4v) is 1.62. The highest BCUT2D eigenvalue weighted by Gasteiger charge is 2.11. The lowest BCUT2D eigenvalue weighted by atomic mass is 10.1. The minimum atomic E-state index is -0.344. The summed E-state index contributed by atoms with van der Waals surface area (Å²) in [6.45, 7) is 0. The summed E-state index contributed by atoms with van der Waals surface area (Å²) in [5, 5.41) is 9.54. The van der Waals surface area contributed by atoms with Crippen molar-refractivity contribution in [1.29, 1.82) is 0 Å². The lowest BCUT2D eigenvalue weighted by molar-refractivity contribution is 0.409. The van der Waals surface area contributed by atoms with Crippen molar-refractivity contribution < 1.29 is 9.84 Å². The summed E-state index contributed by atoms with van der Waals surface area (Å²) < 4.78 is 5.18. The lowest BCUT2D eigenvalue weighted by Gasteiger charge is -2.07. The number of aromatic nitrogens is 2. The van der Waals surface area contributed by atoms with Gasteiger partial charge in [0.15, 0.2) is 0 Å². The third-order valence-corrected chi connectivity index (χ3v) is 2.49. The van der Waals surface area contributed by atoms with Gasteiger partial charge in [0.2, 0.25) is 5.88 Å².